The Morgan fingerprint density at radius 2 is 2.06 bits per heavy atom. The van der Waals surface area contributed by atoms with Crippen LogP contribution in [0.5, 0.6) is 0 Å². The van der Waals surface area contributed by atoms with Crippen molar-refractivity contribution in [3.05, 3.63) is 20.8 Å². The summed E-state index contributed by atoms with van der Waals surface area (Å²) in [6.45, 7) is 0. The van der Waals surface area contributed by atoms with Crippen molar-refractivity contribution in [2.24, 2.45) is 29.6 Å². The summed E-state index contributed by atoms with van der Waals surface area (Å²) in [5, 5.41) is 2.07. The third-order valence-corrected chi connectivity index (χ3v) is 6.77. The summed E-state index contributed by atoms with van der Waals surface area (Å²) < 4.78 is 1.11. The SMILES string of the molecule is O=C(Cc1cc(Br)cs1)C1C2C3CCC(C3)C12. The van der Waals surface area contributed by atoms with E-state index in [-0.39, 0.29) is 0 Å². The van der Waals surface area contributed by atoms with E-state index in [4.69, 9.17) is 0 Å². The van der Waals surface area contributed by atoms with Gasteiger partial charge in [-0.05, 0) is 64.9 Å². The van der Waals surface area contributed by atoms with Crippen LogP contribution in [0.3, 0.4) is 0 Å². The van der Waals surface area contributed by atoms with Crippen LogP contribution in [0.2, 0.25) is 0 Å². The first-order chi connectivity index (χ1) is 8.24. The van der Waals surface area contributed by atoms with Crippen LogP contribution in [-0.2, 0) is 11.2 Å². The summed E-state index contributed by atoms with van der Waals surface area (Å²) in [6.07, 6.45) is 4.91. The molecule has 1 heterocycles. The van der Waals surface area contributed by atoms with Crippen molar-refractivity contribution in [1.29, 1.82) is 0 Å². The minimum Gasteiger partial charge on any atom is -0.299 e. The van der Waals surface area contributed by atoms with Gasteiger partial charge in [0.1, 0.15) is 5.78 Å². The number of rotatable bonds is 3. The van der Waals surface area contributed by atoms with Gasteiger partial charge in [-0.15, -0.1) is 11.3 Å². The lowest BCUT2D eigenvalue weighted by Gasteiger charge is -2.06. The second-order valence-corrected chi connectivity index (χ2v) is 7.80. The number of ketones is 1. The molecule has 1 aromatic heterocycles. The summed E-state index contributed by atoms with van der Waals surface area (Å²) in [6, 6.07) is 2.09. The number of hydrogen-bond donors (Lipinski definition) is 0. The minimum absolute atomic E-state index is 0.446. The Morgan fingerprint density at radius 3 is 2.65 bits per heavy atom. The van der Waals surface area contributed by atoms with Gasteiger partial charge in [-0.3, -0.25) is 4.79 Å². The van der Waals surface area contributed by atoms with Crippen LogP contribution in [0.4, 0.5) is 0 Å². The first-order valence-electron chi connectivity index (χ1n) is 6.49. The van der Waals surface area contributed by atoms with Gasteiger partial charge < -0.3 is 0 Å². The maximum absolute atomic E-state index is 12.3. The maximum Gasteiger partial charge on any atom is 0.141 e. The second-order valence-electron chi connectivity index (χ2n) is 5.89. The van der Waals surface area contributed by atoms with Gasteiger partial charge in [-0.1, -0.05) is 0 Å². The first-order valence-corrected chi connectivity index (χ1v) is 8.17. The normalized spacial score (nSPS) is 41.6. The topological polar surface area (TPSA) is 17.1 Å². The van der Waals surface area contributed by atoms with Crippen molar-refractivity contribution in [2.75, 3.05) is 0 Å². The van der Waals surface area contributed by atoms with Gasteiger partial charge in [0.2, 0.25) is 0 Å². The molecule has 3 saturated carbocycles. The lowest BCUT2D eigenvalue weighted by atomic mass is 9.98. The Labute approximate surface area is 114 Å². The monoisotopic (exact) mass is 310 g/mol. The van der Waals surface area contributed by atoms with E-state index in [0.717, 1.165) is 28.1 Å². The van der Waals surface area contributed by atoms with Crippen LogP contribution < -0.4 is 0 Å². The van der Waals surface area contributed by atoms with E-state index in [1.165, 1.54) is 24.1 Å². The van der Waals surface area contributed by atoms with E-state index in [1.807, 2.05) is 0 Å². The van der Waals surface area contributed by atoms with Gasteiger partial charge >= 0.3 is 0 Å². The van der Waals surface area contributed by atoms with Crippen LogP contribution in [0.1, 0.15) is 24.1 Å². The fraction of sp³-hybridized carbons (Fsp3) is 0.643. The average molecular weight is 311 g/mol. The zero-order chi connectivity index (χ0) is 11.6. The molecule has 0 spiro atoms. The predicted molar refractivity (Wildman–Crippen MR) is 72.0 cm³/mol. The fourth-order valence-electron chi connectivity index (χ4n) is 4.49. The highest BCUT2D eigenvalue weighted by atomic mass is 79.9. The van der Waals surface area contributed by atoms with E-state index >= 15 is 0 Å². The van der Waals surface area contributed by atoms with E-state index in [2.05, 4.69) is 27.4 Å². The number of hydrogen-bond acceptors (Lipinski definition) is 2. The standard InChI is InChI=1S/C14H15BrOS/c15-9-4-10(17-6-9)5-11(16)14-12-7-1-2-8(3-7)13(12)14/h4,6-8,12-14H,1-3,5H2. The smallest absolute Gasteiger partial charge is 0.141 e. The predicted octanol–water partition coefficient (Wildman–Crippen LogP) is 3.91. The number of carbonyl (C=O) groups is 1. The number of carbonyl (C=O) groups excluding carboxylic acids is 1. The lowest BCUT2D eigenvalue weighted by molar-refractivity contribution is -0.120. The molecule has 2 bridgehead atoms. The van der Waals surface area contributed by atoms with Gasteiger partial charge in [0.15, 0.2) is 0 Å². The van der Waals surface area contributed by atoms with Crippen LogP contribution >= 0.6 is 27.3 Å². The first kappa shape index (κ1) is 10.7. The van der Waals surface area contributed by atoms with Gasteiger partial charge in [0.05, 0.1) is 0 Å². The molecule has 1 nitrogen and oxygen atoms in total. The summed E-state index contributed by atoms with van der Waals surface area (Å²) in [5.41, 5.74) is 0. The average Bonchev–Trinajstić information content (AvgIpc) is 2.65. The molecule has 90 valence electrons. The van der Waals surface area contributed by atoms with Crippen LogP contribution in [0, 0.1) is 29.6 Å². The molecule has 3 fully saturated rings. The second kappa shape index (κ2) is 3.67. The number of thiophene rings is 1. The molecule has 0 saturated heterocycles. The molecule has 0 aromatic carbocycles. The van der Waals surface area contributed by atoms with E-state index in [1.54, 1.807) is 11.3 Å². The molecule has 4 atom stereocenters. The Morgan fingerprint density at radius 1 is 1.35 bits per heavy atom. The van der Waals surface area contributed by atoms with Gasteiger partial charge in [-0.25, -0.2) is 0 Å². The molecular formula is C14H15BrOS. The quantitative estimate of drug-likeness (QED) is 0.827. The van der Waals surface area contributed by atoms with Crippen molar-refractivity contribution in [3.8, 4) is 0 Å². The Hall–Kier alpha value is -0.150. The number of halogens is 1. The highest BCUT2D eigenvalue weighted by molar-refractivity contribution is 9.10. The summed E-state index contributed by atoms with van der Waals surface area (Å²) in [4.78, 5) is 13.5. The van der Waals surface area contributed by atoms with Gasteiger partial charge in [0, 0.05) is 27.1 Å². The van der Waals surface area contributed by atoms with Crippen molar-refractivity contribution >= 4 is 33.0 Å². The Kier molecular flexibility index (Phi) is 2.32. The van der Waals surface area contributed by atoms with Crippen molar-refractivity contribution in [2.45, 2.75) is 25.7 Å². The highest BCUT2D eigenvalue weighted by Crippen LogP contribution is 2.69. The molecule has 3 aliphatic carbocycles. The molecular weight excluding hydrogens is 296 g/mol. The molecule has 3 heteroatoms. The highest BCUT2D eigenvalue weighted by Gasteiger charge is 2.66. The molecule has 0 N–H and O–H groups in total. The molecule has 0 aliphatic heterocycles. The summed E-state index contributed by atoms with van der Waals surface area (Å²) in [5.74, 6) is 4.38. The molecule has 1 aromatic rings. The summed E-state index contributed by atoms with van der Waals surface area (Å²) in [7, 11) is 0. The lowest BCUT2D eigenvalue weighted by Crippen LogP contribution is -2.11. The molecule has 0 amide bonds. The number of fused-ring (bicyclic) bond motifs is 5. The van der Waals surface area contributed by atoms with E-state index in [9.17, 15) is 4.79 Å². The minimum atomic E-state index is 0.446. The van der Waals surface area contributed by atoms with E-state index < -0.39 is 0 Å². The molecule has 3 aliphatic rings. The molecule has 0 radical (unpaired) electrons. The van der Waals surface area contributed by atoms with Crippen LogP contribution in [0.25, 0.3) is 0 Å². The van der Waals surface area contributed by atoms with Crippen molar-refractivity contribution in [1.82, 2.24) is 0 Å². The number of Topliss-reactive ketones (excluding diaryl/α,β-unsaturated/α-hetero) is 1. The largest absolute Gasteiger partial charge is 0.299 e. The third-order valence-electron chi connectivity index (χ3n) is 5.08. The third kappa shape index (κ3) is 1.58. The zero-order valence-electron chi connectivity index (χ0n) is 9.56. The van der Waals surface area contributed by atoms with Crippen molar-refractivity contribution < 1.29 is 4.79 Å². The van der Waals surface area contributed by atoms with Crippen molar-refractivity contribution in [3.63, 3.8) is 0 Å². The van der Waals surface area contributed by atoms with Gasteiger partial charge in [0.25, 0.3) is 0 Å². The molecule has 4 unspecified atom stereocenters. The fourth-order valence-corrected chi connectivity index (χ4v) is 5.95. The van der Waals surface area contributed by atoms with E-state index in [0.29, 0.717) is 18.1 Å². The maximum atomic E-state index is 12.3. The van der Waals surface area contributed by atoms with Gasteiger partial charge in [-0.2, -0.15) is 0 Å². The van der Waals surface area contributed by atoms with Crippen LogP contribution in [0.15, 0.2) is 15.9 Å². The van der Waals surface area contributed by atoms with Crippen LogP contribution in [-0.4, -0.2) is 5.78 Å². The summed E-state index contributed by atoms with van der Waals surface area (Å²) >= 11 is 5.15. The molecule has 4 rings (SSSR count). The molecule has 17 heavy (non-hydrogen) atoms. The Balaban J connectivity index is 1.46. The Bertz CT molecular complexity index is 464. The zero-order valence-corrected chi connectivity index (χ0v) is 12.0.